The Kier molecular flexibility index (Phi) is 5.86. The van der Waals surface area contributed by atoms with Gasteiger partial charge in [0, 0.05) is 11.3 Å². The first-order valence-electron chi connectivity index (χ1n) is 8.61. The summed E-state index contributed by atoms with van der Waals surface area (Å²) in [6.07, 6.45) is 3.65. The smallest absolute Gasteiger partial charge is 0.228 e. The normalized spacial score (nSPS) is 16.1. The molecule has 3 rings (SSSR count). The van der Waals surface area contributed by atoms with Gasteiger partial charge in [0.15, 0.2) is 0 Å². The van der Waals surface area contributed by atoms with Crippen LogP contribution in [0.2, 0.25) is 0 Å². The van der Waals surface area contributed by atoms with Gasteiger partial charge in [-0.3, -0.25) is 4.79 Å². The average Bonchev–Trinajstić information content (AvgIpc) is 3.22. The molecule has 7 heteroatoms. The second-order valence-corrected chi connectivity index (χ2v) is 9.65. The fourth-order valence-electron chi connectivity index (χ4n) is 2.63. The van der Waals surface area contributed by atoms with E-state index >= 15 is 0 Å². The van der Waals surface area contributed by atoms with E-state index in [1.54, 1.807) is 23.1 Å². The van der Waals surface area contributed by atoms with Crippen molar-refractivity contribution in [2.45, 2.75) is 49.0 Å². The van der Waals surface area contributed by atoms with Crippen LogP contribution < -0.4 is 10.6 Å². The van der Waals surface area contributed by atoms with E-state index in [4.69, 9.17) is 4.42 Å². The molecule has 0 radical (unpaired) electrons. The Bertz CT molecular complexity index is 712. The fourth-order valence-corrected chi connectivity index (χ4v) is 4.51. The van der Waals surface area contributed by atoms with Crippen LogP contribution in [0.1, 0.15) is 45.3 Å². The van der Waals surface area contributed by atoms with E-state index in [1.807, 2.05) is 18.3 Å². The number of oxazole rings is 1. The van der Waals surface area contributed by atoms with Crippen LogP contribution in [-0.4, -0.2) is 24.0 Å². The molecule has 1 aliphatic heterocycles. The highest BCUT2D eigenvalue weighted by atomic mass is 32.2. The van der Waals surface area contributed by atoms with Crippen molar-refractivity contribution in [3.05, 3.63) is 30.0 Å². The van der Waals surface area contributed by atoms with E-state index in [2.05, 4.69) is 36.4 Å². The molecule has 1 aliphatic rings. The number of thiophene rings is 1. The first-order valence-corrected chi connectivity index (χ1v) is 10.4. The third-order valence-electron chi connectivity index (χ3n) is 4.17. The summed E-state index contributed by atoms with van der Waals surface area (Å²) >= 11 is 3.28. The van der Waals surface area contributed by atoms with E-state index in [1.165, 1.54) is 0 Å². The van der Waals surface area contributed by atoms with Crippen molar-refractivity contribution in [1.29, 1.82) is 0 Å². The summed E-state index contributed by atoms with van der Waals surface area (Å²) in [6, 6.07) is 4.02. The molecular formula is C18H25N3O2S2. The molecule has 25 heavy (non-hydrogen) atoms. The van der Waals surface area contributed by atoms with Crippen LogP contribution in [0.25, 0.3) is 0 Å². The Morgan fingerprint density at radius 3 is 2.84 bits per heavy atom. The van der Waals surface area contributed by atoms with Crippen molar-refractivity contribution < 1.29 is 9.21 Å². The van der Waals surface area contributed by atoms with Crippen LogP contribution in [0.5, 0.6) is 0 Å². The van der Waals surface area contributed by atoms with Crippen LogP contribution >= 0.6 is 23.1 Å². The molecule has 0 saturated carbocycles. The van der Waals surface area contributed by atoms with Crippen molar-refractivity contribution >= 4 is 34.0 Å². The minimum atomic E-state index is -0.0229. The molecule has 0 spiro atoms. The van der Waals surface area contributed by atoms with Crippen LogP contribution in [0.15, 0.2) is 27.0 Å². The third-order valence-corrected chi connectivity index (χ3v) is 6.38. The van der Waals surface area contributed by atoms with Crippen molar-refractivity contribution in [1.82, 2.24) is 10.3 Å². The van der Waals surface area contributed by atoms with E-state index in [-0.39, 0.29) is 17.2 Å². The maximum atomic E-state index is 12.3. The first kappa shape index (κ1) is 18.5. The van der Waals surface area contributed by atoms with Gasteiger partial charge >= 0.3 is 0 Å². The Balaban J connectivity index is 1.51. The maximum absolute atomic E-state index is 12.3. The number of thioether (sulfide) groups is 1. The fraction of sp³-hybridized carbons (Fsp3) is 0.556. The van der Waals surface area contributed by atoms with E-state index in [9.17, 15) is 4.79 Å². The van der Waals surface area contributed by atoms with Crippen molar-refractivity contribution in [2.75, 3.05) is 18.4 Å². The second kappa shape index (κ2) is 7.93. The van der Waals surface area contributed by atoms with Gasteiger partial charge in [0.1, 0.15) is 5.76 Å². The highest BCUT2D eigenvalue weighted by molar-refractivity contribution is 8.00. The topological polar surface area (TPSA) is 67.2 Å². The molecule has 2 aromatic heterocycles. The number of carbonyl (C=O) groups is 1. The lowest BCUT2D eigenvalue weighted by Gasteiger charge is -2.21. The van der Waals surface area contributed by atoms with Gasteiger partial charge < -0.3 is 15.1 Å². The van der Waals surface area contributed by atoms with Crippen molar-refractivity contribution in [3.8, 4) is 0 Å². The molecule has 0 unspecified atom stereocenters. The number of anilines is 1. The Hall–Kier alpha value is -1.31. The minimum absolute atomic E-state index is 0.0229. The molecule has 1 fully saturated rings. The van der Waals surface area contributed by atoms with Gasteiger partial charge in [-0.2, -0.15) is 0 Å². The highest BCUT2D eigenvalue weighted by Crippen LogP contribution is 2.34. The van der Waals surface area contributed by atoms with Gasteiger partial charge in [-0.25, -0.2) is 4.98 Å². The molecule has 0 aromatic carbocycles. The second-order valence-electron chi connectivity index (χ2n) is 7.29. The monoisotopic (exact) mass is 379 g/mol. The summed E-state index contributed by atoms with van der Waals surface area (Å²) < 4.78 is 6.97. The van der Waals surface area contributed by atoms with Crippen LogP contribution in [0.4, 0.5) is 5.00 Å². The molecule has 2 aromatic rings. The average molecular weight is 380 g/mol. The lowest BCUT2D eigenvalue weighted by molar-refractivity contribution is -0.120. The molecular weight excluding hydrogens is 354 g/mol. The Morgan fingerprint density at radius 1 is 1.40 bits per heavy atom. The minimum Gasteiger partial charge on any atom is -0.444 e. The standard InChI is InChI=1S/C18H25N3O2S2/c1-18(2,3)13-10-20-14(23-13)11-24-16-5-4-15(25-16)21-17(22)12-6-8-19-9-7-12/h4-5,10,12,19H,6-9,11H2,1-3H3,(H,21,22). The predicted molar refractivity (Wildman–Crippen MR) is 103 cm³/mol. The number of nitrogens with zero attached hydrogens (tertiary/aromatic N) is 1. The van der Waals surface area contributed by atoms with Crippen LogP contribution in [-0.2, 0) is 16.0 Å². The van der Waals surface area contributed by atoms with E-state index < -0.39 is 0 Å². The number of nitrogens with one attached hydrogen (secondary N) is 2. The number of carbonyl (C=O) groups excluding carboxylic acids is 1. The highest BCUT2D eigenvalue weighted by Gasteiger charge is 2.21. The van der Waals surface area contributed by atoms with Crippen LogP contribution in [0, 0.1) is 5.92 Å². The quantitative estimate of drug-likeness (QED) is 0.760. The number of amides is 1. The molecule has 1 saturated heterocycles. The summed E-state index contributed by atoms with van der Waals surface area (Å²) in [6.45, 7) is 8.19. The molecule has 0 atom stereocenters. The lowest BCUT2D eigenvalue weighted by atomic mass is 9.94. The zero-order chi connectivity index (χ0) is 17.9. The molecule has 5 nitrogen and oxygen atoms in total. The van der Waals surface area contributed by atoms with Crippen molar-refractivity contribution in [2.24, 2.45) is 5.92 Å². The molecule has 0 aliphatic carbocycles. The number of piperidine rings is 1. The Morgan fingerprint density at radius 2 is 2.16 bits per heavy atom. The number of aromatic nitrogens is 1. The zero-order valence-corrected chi connectivity index (χ0v) is 16.6. The number of hydrogen-bond acceptors (Lipinski definition) is 6. The molecule has 0 bridgehead atoms. The van der Waals surface area contributed by atoms with Gasteiger partial charge in [0.25, 0.3) is 0 Å². The predicted octanol–water partition coefficient (Wildman–Crippen LogP) is 4.26. The van der Waals surface area contributed by atoms with E-state index in [0.29, 0.717) is 5.75 Å². The molecule has 2 N–H and O–H groups in total. The molecule has 1 amide bonds. The first-order chi connectivity index (χ1) is 11.9. The summed E-state index contributed by atoms with van der Waals surface area (Å²) in [5.74, 6) is 2.61. The number of rotatable bonds is 5. The maximum Gasteiger partial charge on any atom is 0.228 e. The van der Waals surface area contributed by atoms with Gasteiger partial charge in [0.05, 0.1) is 21.2 Å². The van der Waals surface area contributed by atoms with E-state index in [0.717, 1.165) is 46.8 Å². The summed E-state index contributed by atoms with van der Waals surface area (Å²) in [5.41, 5.74) is -0.0229. The largest absolute Gasteiger partial charge is 0.444 e. The van der Waals surface area contributed by atoms with Gasteiger partial charge in [-0.1, -0.05) is 20.8 Å². The lowest BCUT2D eigenvalue weighted by Crippen LogP contribution is -2.34. The summed E-state index contributed by atoms with van der Waals surface area (Å²) in [7, 11) is 0. The number of hydrogen-bond donors (Lipinski definition) is 2. The molecule has 136 valence electrons. The van der Waals surface area contributed by atoms with Gasteiger partial charge in [-0.15, -0.1) is 23.1 Å². The summed E-state index contributed by atoms with van der Waals surface area (Å²) in [5, 5.41) is 7.25. The van der Waals surface area contributed by atoms with Gasteiger partial charge in [-0.05, 0) is 38.1 Å². The SMILES string of the molecule is CC(C)(C)c1cnc(CSc2ccc(NC(=O)C3CCNCC3)s2)o1. The third kappa shape index (κ3) is 5.09. The summed E-state index contributed by atoms with van der Waals surface area (Å²) in [4.78, 5) is 16.6. The van der Waals surface area contributed by atoms with Crippen molar-refractivity contribution in [3.63, 3.8) is 0 Å². The van der Waals surface area contributed by atoms with Gasteiger partial charge in [0.2, 0.25) is 11.8 Å². The van der Waals surface area contributed by atoms with Crippen LogP contribution in [0.3, 0.4) is 0 Å². The zero-order valence-electron chi connectivity index (χ0n) is 14.9. The molecule has 3 heterocycles. The Labute approximate surface area is 157 Å².